The number of pyridine rings is 1. The zero-order valence-electron chi connectivity index (χ0n) is 21.3. The van der Waals surface area contributed by atoms with E-state index in [4.69, 9.17) is 9.15 Å². The molecule has 0 fully saturated rings. The number of aryl methyl sites for hydroxylation is 3. The molecule has 1 aromatic carbocycles. The fourth-order valence-electron chi connectivity index (χ4n) is 4.17. The highest BCUT2D eigenvalue weighted by Gasteiger charge is 2.24. The van der Waals surface area contributed by atoms with Gasteiger partial charge in [-0.3, -0.25) is 18.7 Å². The zero-order chi connectivity index (χ0) is 26.1. The summed E-state index contributed by atoms with van der Waals surface area (Å²) >= 11 is 0. The molecule has 4 aromatic rings. The summed E-state index contributed by atoms with van der Waals surface area (Å²) in [6.07, 6.45) is 0. The van der Waals surface area contributed by atoms with E-state index in [0.29, 0.717) is 41.9 Å². The Balaban J connectivity index is 1.86. The van der Waals surface area contributed by atoms with Crippen LogP contribution in [0.25, 0.3) is 22.5 Å². The molecule has 0 saturated heterocycles. The number of hydrogen-bond donors (Lipinski definition) is 0. The fourth-order valence-corrected chi connectivity index (χ4v) is 4.17. The molecule has 10 nitrogen and oxygen atoms in total. The van der Waals surface area contributed by atoms with E-state index in [1.807, 2.05) is 26.0 Å². The van der Waals surface area contributed by atoms with Gasteiger partial charge in [0.15, 0.2) is 0 Å². The van der Waals surface area contributed by atoms with Crippen LogP contribution in [0.3, 0.4) is 0 Å². The Morgan fingerprint density at radius 1 is 1.08 bits per heavy atom. The van der Waals surface area contributed by atoms with E-state index < -0.39 is 11.2 Å². The summed E-state index contributed by atoms with van der Waals surface area (Å²) in [7, 11) is 3.12. The molecule has 0 aliphatic rings. The van der Waals surface area contributed by atoms with E-state index in [1.54, 1.807) is 44.1 Å². The minimum atomic E-state index is -0.593. The highest BCUT2D eigenvalue weighted by Crippen LogP contribution is 2.24. The van der Waals surface area contributed by atoms with E-state index in [0.717, 1.165) is 10.1 Å². The Kier molecular flexibility index (Phi) is 6.78. The average molecular weight is 492 g/mol. The largest absolute Gasteiger partial charge is 0.497 e. The maximum atomic E-state index is 13.7. The molecule has 0 aliphatic carbocycles. The molecule has 1 amide bonds. The predicted molar refractivity (Wildman–Crippen MR) is 136 cm³/mol. The van der Waals surface area contributed by atoms with Crippen LogP contribution in [0.5, 0.6) is 5.75 Å². The smallest absolute Gasteiger partial charge is 0.332 e. The molecule has 0 radical (unpaired) electrons. The number of methoxy groups -OCH3 is 1. The first-order valence-electron chi connectivity index (χ1n) is 11.7. The maximum Gasteiger partial charge on any atom is 0.332 e. The molecule has 36 heavy (non-hydrogen) atoms. The highest BCUT2D eigenvalue weighted by atomic mass is 16.5. The van der Waals surface area contributed by atoms with Crippen LogP contribution in [0.15, 0.2) is 44.3 Å². The molecule has 0 aliphatic heterocycles. The number of nitrogens with zero attached hydrogens (tertiary/aromatic N) is 5. The van der Waals surface area contributed by atoms with Gasteiger partial charge in [-0.25, -0.2) is 14.8 Å². The van der Waals surface area contributed by atoms with Crippen molar-refractivity contribution in [3.05, 3.63) is 73.9 Å². The summed E-state index contributed by atoms with van der Waals surface area (Å²) in [4.78, 5) is 50.8. The molecule has 0 spiro atoms. The van der Waals surface area contributed by atoms with Gasteiger partial charge in [0.05, 0.1) is 24.6 Å². The lowest BCUT2D eigenvalue weighted by molar-refractivity contribution is 0.0774. The summed E-state index contributed by atoms with van der Waals surface area (Å²) < 4.78 is 13.4. The summed E-state index contributed by atoms with van der Waals surface area (Å²) in [5.74, 6) is 1.27. The molecule has 0 unspecified atom stereocenters. The van der Waals surface area contributed by atoms with Gasteiger partial charge >= 0.3 is 5.69 Å². The van der Waals surface area contributed by atoms with E-state index in [-0.39, 0.29) is 29.0 Å². The number of amides is 1. The lowest BCUT2D eigenvalue weighted by Crippen LogP contribution is -2.41. The predicted octanol–water partition coefficient (Wildman–Crippen LogP) is 2.91. The minimum absolute atomic E-state index is 0.108. The van der Waals surface area contributed by atoms with Crippen molar-refractivity contribution in [2.75, 3.05) is 20.2 Å². The number of oxazole rings is 1. The fraction of sp³-hybridized carbons (Fsp3) is 0.346. The van der Waals surface area contributed by atoms with Gasteiger partial charge in [-0.15, -0.1) is 0 Å². The van der Waals surface area contributed by atoms with E-state index in [9.17, 15) is 14.4 Å². The van der Waals surface area contributed by atoms with Crippen molar-refractivity contribution in [2.45, 2.75) is 34.2 Å². The Bertz CT molecular complexity index is 1560. The van der Waals surface area contributed by atoms with Gasteiger partial charge in [-0.05, 0) is 58.0 Å². The van der Waals surface area contributed by atoms with Gasteiger partial charge in [0.2, 0.25) is 5.89 Å². The molecule has 188 valence electrons. The molecule has 0 N–H and O–H groups in total. The molecule has 0 bridgehead atoms. The number of hydrogen-bond acceptors (Lipinski definition) is 7. The Morgan fingerprint density at radius 3 is 2.36 bits per heavy atom. The third kappa shape index (κ3) is 4.30. The Hall–Kier alpha value is -4.21. The standard InChI is InChI=1S/C26H29N5O5/c1-7-30(8-2)24(32)19-13-15(3)27-22-21(19)25(33)31(26(34)29(22)5)14-20-16(4)36-23(28-20)17-9-11-18(35-6)12-10-17/h9-13H,7-8,14H2,1-6H3. The lowest BCUT2D eigenvalue weighted by atomic mass is 10.1. The van der Waals surface area contributed by atoms with Crippen molar-refractivity contribution in [1.82, 2.24) is 24.0 Å². The van der Waals surface area contributed by atoms with Gasteiger partial charge in [-0.2, -0.15) is 0 Å². The van der Waals surface area contributed by atoms with Gasteiger partial charge in [0.25, 0.3) is 11.5 Å². The topological polar surface area (TPSA) is 112 Å². The van der Waals surface area contributed by atoms with Crippen LogP contribution >= 0.6 is 0 Å². The van der Waals surface area contributed by atoms with E-state index >= 15 is 0 Å². The SMILES string of the molecule is CCN(CC)C(=O)c1cc(C)nc2c1c(=O)n(Cc1nc(-c3ccc(OC)cc3)oc1C)c(=O)n2C. The molecular weight excluding hydrogens is 462 g/mol. The molecule has 0 saturated carbocycles. The van der Waals surface area contributed by atoms with Crippen molar-refractivity contribution >= 4 is 16.9 Å². The Morgan fingerprint density at radius 2 is 1.75 bits per heavy atom. The average Bonchev–Trinajstić information content (AvgIpc) is 3.25. The summed E-state index contributed by atoms with van der Waals surface area (Å²) in [5, 5.41) is 0.108. The number of aromatic nitrogens is 4. The summed E-state index contributed by atoms with van der Waals surface area (Å²) in [6.45, 7) is 8.08. The maximum absolute atomic E-state index is 13.7. The second-order valence-electron chi connectivity index (χ2n) is 8.47. The number of carbonyl (C=O) groups excluding carboxylic acids is 1. The van der Waals surface area contributed by atoms with Gasteiger partial charge in [0, 0.05) is 31.4 Å². The first-order valence-corrected chi connectivity index (χ1v) is 11.7. The molecular formula is C26H29N5O5. The zero-order valence-corrected chi connectivity index (χ0v) is 21.3. The van der Waals surface area contributed by atoms with Crippen LogP contribution in [0.2, 0.25) is 0 Å². The molecule has 0 atom stereocenters. The quantitative estimate of drug-likeness (QED) is 0.391. The van der Waals surface area contributed by atoms with Crippen molar-refractivity contribution in [1.29, 1.82) is 0 Å². The van der Waals surface area contributed by atoms with Crippen LogP contribution in [0.1, 0.15) is 41.4 Å². The van der Waals surface area contributed by atoms with Crippen LogP contribution < -0.4 is 16.0 Å². The van der Waals surface area contributed by atoms with Crippen LogP contribution in [0, 0.1) is 13.8 Å². The summed E-state index contributed by atoms with van der Waals surface area (Å²) in [6, 6.07) is 8.81. The highest BCUT2D eigenvalue weighted by molar-refractivity contribution is 6.05. The first kappa shape index (κ1) is 24.9. The van der Waals surface area contributed by atoms with Crippen molar-refractivity contribution in [2.24, 2.45) is 7.05 Å². The second kappa shape index (κ2) is 9.80. The van der Waals surface area contributed by atoms with Crippen molar-refractivity contribution in [3.63, 3.8) is 0 Å². The molecule has 4 rings (SSSR count). The first-order chi connectivity index (χ1) is 17.2. The number of fused-ring (bicyclic) bond motifs is 1. The van der Waals surface area contributed by atoms with Gasteiger partial charge in [0.1, 0.15) is 22.9 Å². The normalized spacial score (nSPS) is 11.2. The molecule has 3 heterocycles. The van der Waals surface area contributed by atoms with E-state index in [2.05, 4.69) is 9.97 Å². The van der Waals surface area contributed by atoms with Gasteiger partial charge < -0.3 is 14.1 Å². The monoisotopic (exact) mass is 491 g/mol. The molecule has 3 aromatic heterocycles. The number of benzene rings is 1. The minimum Gasteiger partial charge on any atom is -0.497 e. The third-order valence-corrected chi connectivity index (χ3v) is 6.24. The number of carbonyl (C=O) groups is 1. The van der Waals surface area contributed by atoms with Crippen molar-refractivity contribution in [3.8, 4) is 17.2 Å². The Labute approximate surface area is 207 Å². The third-order valence-electron chi connectivity index (χ3n) is 6.24. The van der Waals surface area contributed by atoms with Crippen molar-refractivity contribution < 1.29 is 13.9 Å². The number of ether oxygens (including phenoxy) is 1. The molecule has 10 heteroatoms. The van der Waals surface area contributed by atoms with Crippen LogP contribution in [0.4, 0.5) is 0 Å². The summed E-state index contributed by atoms with van der Waals surface area (Å²) in [5.41, 5.74) is 0.969. The van der Waals surface area contributed by atoms with Crippen LogP contribution in [-0.2, 0) is 13.6 Å². The number of rotatable bonds is 7. The van der Waals surface area contributed by atoms with Crippen LogP contribution in [-0.4, -0.2) is 50.1 Å². The van der Waals surface area contributed by atoms with Gasteiger partial charge in [-0.1, -0.05) is 0 Å². The lowest BCUT2D eigenvalue weighted by Gasteiger charge is -2.20. The second-order valence-corrected chi connectivity index (χ2v) is 8.47. The van der Waals surface area contributed by atoms with E-state index in [1.165, 1.54) is 11.6 Å².